The maximum Gasteiger partial charge on any atom is 0.249 e. The molecule has 0 unspecified atom stereocenters. The monoisotopic (exact) mass is 288 g/mol. The summed E-state index contributed by atoms with van der Waals surface area (Å²) >= 11 is 0. The predicted molar refractivity (Wildman–Crippen MR) is 88.4 cm³/mol. The third kappa shape index (κ3) is 2.61. The van der Waals surface area contributed by atoms with Crippen molar-refractivity contribution < 1.29 is 4.79 Å². The van der Waals surface area contributed by atoms with Crippen molar-refractivity contribution in [2.75, 3.05) is 0 Å². The number of nitrogens with zero attached hydrogens (tertiary/aromatic N) is 1. The number of carbonyl (C=O) groups excluding carboxylic acids is 1. The number of amides is 1. The SMILES string of the molecule is Cc1cccc(-c2cccc(C(N)=O)c2-c2ccncc2)c1. The average Bonchev–Trinajstić information content (AvgIpc) is 2.55. The number of hydrogen-bond donors (Lipinski definition) is 1. The highest BCUT2D eigenvalue weighted by atomic mass is 16.1. The van der Waals surface area contributed by atoms with Crippen LogP contribution in [0.3, 0.4) is 0 Å². The van der Waals surface area contributed by atoms with Crippen LogP contribution in [0.15, 0.2) is 67.0 Å². The summed E-state index contributed by atoms with van der Waals surface area (Å²) in [5, 5.41) is 0. The molecule has 2 N–H and O–H groups in total. The molecule has 0 bridgehead atoms. The number of aryl methyl sites for hydroxylation is 1. The maximum atomic E-state index is 11.9. The molecule has 0 atom stereocenters. The fourth-order valence-corrected chi connectivity index (χ4v) is 2.64. The smallest absolute Gasteiger partial charge is 0.249 e. The highest BCUT2D eigenvalue weighted by molar-refractivity contribution is 6.04. The molecule has 3 rings (SSSR count). The molecule has 0 radical (unpaired) electrons. The van der Waals surface area contributed by atoms with Gasteiger partial charge in [-0.3, -0.25) is 9.78 Å². The lowest BCUT2D eigenvalue weighted by Gasteiger charge is -2.14. The van der Waals surface area contributed by atoms with Crippen molar-refractivity contribution in [2.24, 2.45) is 5.73 Å². The minimum Gasteiger partial charge on any atom is -0.366 e. The van der Waals surface area contributed by atoms with Crippen molar-refractivity contribution in [2.45, 2.75) is 6.92 Å². The Morgan fingerprint density at radius 3 is 2.36 bits per heavy atom. The Bertz CT molecular complexity index is 826. The lowest BCUT2D eigenvalue weighted by atomic mass is 9.90. The Balaban J connectivity index is 2.31. The summed E-state index contributed by atoms with van der Waals surface area (Å²) in [5.41, 5.74) is 11.1. The first-order chi connectivity index (χ1) is 10.7. The van der Waals surface area contributed by atoms with Crippen LogP contribution in [0.5, 0.6) is 0 Å². The Kier molecular flexibility index (Phi) is 3.71. The summed E-state index contributed by atoms with van der Waals surface area (Å²) in [6.07, 6.45) is 3.43. The zero-order valence-electron chi connectivity index (χ0n) is 12.3. The van der Waals surface area contributed by atoms with E-state index < -0.39 is 5.91 Å². The molecule has 2 aromatic carbocycles. The van der Waals surface area contributed by atoms with E-state index in [9.17, 15) is 4.79 Å². The van der Waals surface area contributed by atoms with Crippen LogP contribution in [-0.4, -0.2) is 10.9 Å². The fourth-order valence-electron chi connectivity index (χ4n) is 2.64. The summed E-state index contributed by atoms with van der Waals surface area (Å²) in [4.78, 5) is 15.9. The number of primary amides is 1. The van der Waals surface area contributed by atoms with Crippen molar-refractivity contribution >= 4 is 5.91 Å². The average molecular weight is 288 g/mol. The van der Waals surface area contributed by atoms with Gasteiger partial charge in [0.2, 0.25) is 5.91 Å². The molecular formula is C19H16N2O. The van der Waals surface area contributed by atoms with Crippen LogP contribution in [0.1, 0.15) is 15.9 Å². The first-order valence-electron chi connectivity index (χ1n) is 7.07. The summed E-state index contributed by atoms with van der Waals surface area (Å²) in [6, 6.07) is 17.6. The number of hydrogen-bond acceptors (Lipinski definition) is 2. The van der Waals surface area contributed by atoms with Crippen LogP contribution in [0.4, 0.5) is 0 Å². The number of nitrogens with two attached hydrogens (primary N) is 1. The van der Waals surface area contributed by atoms with E-state index in [-0.39, 0.29) is 0 Å². The maximum absolute atomic E-state index is 11.9. The lowest BCUT2D eigenvalue weighted by molar-refractivity contribution is 0.100. The van der Waals surface area contributed by atoms with Crippen molar-refractivity contribution in [1.29, 1.82) is 0 Å². The van der Waals surface area contributed by atoms with E-state index >= 15 is 0 Å². The molecule has 0 aliphatic rings. The molecule has 0 fully saturated rings. The third-order valence-corrected chi connectivity index (χ3v) is 3.63. The predicted octanol–water partition coefficient (Wildman–Crippen LogP) is 3.82. The van der Waals surface area contributed by atoms with E-state index in [4.69, 9.17) is 5.73 Å². The number of pyridine rings is 1. The van der Waals surface area contributed by atoms with E-state index in [0.717, 1.165) is 22.3 Å². The topological polar surface area (TPSA) is 56.0 Å². The van der Waals surface area contributed by atoms with Crippen LogP contribution in [0.2, 0.25) is 0 Å². The van der Waals surface area contributed by atoms with Crippen LogP contribution in [-0.2, 0) is 0 Å². The highest BCUT2D eigenvalue weighted by Gasteiger charge is 2.15. The summed E-state index contributed by atoms with van der Waals surface area (Å²) in [7, 11) is 0. The second-order valence-corrected chi connectivity index (χ2v) is 5.20. The van der Waals surface area contributed by atoms with E-state index in [2.05, 4.69) is 11.1 Å². The Labute approximate surface area is 129 Å². The quantitative estimate of drug-likeness (QED) is 0.796. The number of carbonyl (C=O) groups is 1. The Morgan fingerprint density at radius 1 is 0.955 bits per heavy atom. The molecule has 3 heteroatoms. The molecule has 108 valence electrons. The normalized spacial score (nSPS) is 10.4. The Hall–Kier alpha value is -2.94. The minimum absolute atomic E-state index is 0.429. The van der Waals surface area contributed by atoms with Gasteiger partial charge in [0.25, 0.3) is 0 Å². The zero-order valence-corrected chi connectivity index (χ0v) is 12.3. The van der Waals surface area contributed by atoms with Crippen molar-refractivity contribution in [3.63, 3.8) is 0 Å². The van der Waals surface area contributed by atoms with E-state index in [1.54, 1.807) is 18.5 Å². The molecular weight excluding hydrogens is 272 g/mol. The number of rotatable bonds is 3. The van der Waals surface area contributed by atoms with E-state index in [0.29, 0.717) is 5.56 Å². The standard InChI is InChI=1S/C19H16N2O/c1-13-4-2-5-15(12-13)16-6-3-7-17(19(20)22)18(16)14-8-10-21-11-9-14/h2-12H,1H3,(H2,20,22). The van der Waals surface area contributed by atoms with Crippen LogP contribution < -0.4 is 5.73 Å². The van der Waals surface area contributed by atoms with Crippen LogP contribution >= 0.6 is 0 Å². The van der Waals surface area contributed by atoms with Crippen molar-refractivity contribution in [3.8, 4) is 22.3 Å². The lowest BCUT2D eigenvalue weighted by Crippen LogP contribution is -2.12. The van der Waals surface area contributed by atoms with Gasteiger partial charge < -0.3 is 5.73 Å². The first-order valence-corrected chi connectivity index (χ1v) is 7.07. The molecule has 1 aromatic heterocycles. The zero-order chi connectivity index (χ0) is 15.5. The van der Waals surface area contributed by atoms with Gasteiger partial charge >= 0.3 is 0 Å². The Morgan fingerprint density at radius 2 is 1.68 bits per heavy atom. The van der Waals surface area contributed by atoms with E-state index in [1.807, 2.05) is 49.4 Å². The van der Waals surface area contributed by atoms with Gasteiger partial charge in [-0.05, 0) is 41.8 Å². The molecule has 0 saturated carbocycles. The van der Waals surface area contributed by atoms with Gasteiger partial charge in [0.1, 0.15) is 0 Å². The second kappa shape index (κ2) is 5.82. The van der Waals surface area contributed by atoms with Gasteiger partial charge in [-0.1, -0.05) is 42.0 Å². The number of aromatic nitrogens is 1. The summed E-state index contributed by atoms with van der Waals surface area (Å²) < 4.78 is 0. The first kappa shape index (κ1) is 14.0. The molecule has 22 heavy (non-hydrogen) atoms. The van der Waals surface area contributed by atoms with Gasteiger partial charge in [0, 0.05) is 23.5 Å². The highest BCUT2D eigenvalue weighted by Crippen LogP contribution is 2.34. The molecule has 0 aliphatic carbocycles. The third-order valence-electron chi connectivity index (χ3n) is 3.63. The molecule has 3 aromatic rings. The van der Waals surface area contributed by atoms with Gasteiger partial charge in [-0.2, -0.15) is 0 Å². The molecule has 1 amide bonds. The molecule has 0 saturated heterocycles. The van der Waals surface area contributed by atoms with Crippen molar-refractivity contribution in [3.05, 3.63) is 78.1 Å². The van der Waals surface area contributed by atoms with Crippen LogP contribution in [0, 0.1) is 6.92 Å². The number of benzene rings is 2. The van der Waals surface area contributed by atoms with Gasteiger partial charge in [-0.15, -0.1) is 0 Å². The van der Waals surface area contributed by atoms with E-state index in [1.165, 1.54) is 5.56 Å². The minimum atomic E-state index is -0.429. The largest absolute Gasteiger partial charge is 0.366 e. The molecule has 1 heterocycles. The van der Waals surface area contributed by atoms with Gasteiger partial charge in [0.15, 0.2) is 0 Å². The van der Waals surface area contributed by atoms with Gasteiger partial charge in [0.05, 0.1) is 0 Å². The molecule has 0 spiro atoms. The fraction of sp³-hybridized carbons (Fsp3) is 0.0526. The van der Waals surface area contributed by atoms with Gasteiger partial charge in [-0.25, -0.2) is 0 Å². The second-order valence-electron chi connectivity index (χ2n) is 5.20. The van der Waals surface area contributed by atoms with Crippen molar-refractivity contribution in [1.82, 2.24) is 4.98 Å². The molecule has 0 aliphatic heterocycles. The van der Waals surface area contributed by atoms with Crippen LogP contribution in [0.25, 0.3) is 22.3 Å². The summed E-state index contributed by atoms with van der Waals surface area (Å²) in [6.45, 7) is 2.05. The molecule has 3 nitrogen and oxygen atoms in total. The summed E-state index contributed by atoms with van der Waals surface area (Å²) in [5.74, 6) is -0.429.